The number of nitrogen functional groups attached to an aromatic ring is 1. The number of hydrogen-bond acceptors (Lipinski definition) is 4. The van der Waals surface area contributed by atoms with Crippen LogP contribution >= 0.6 is 11.6 Å². The summed E-state index contributed by atoms with van der Waals surface area (Å²) in [6.45, 7) is 6.89. The van der Waals surface area contributed by atoms with Crippen LogP contribution in [0.4, 0.5) is 10.5 Å². The van der Waals surface area contributed by atoms with Crippen LogP contribution < -0.4 is 16.8 Å². The molecule has 6 nitrogen and oxygen atoms in total. The van der Waals surface area contributed by atoms with E-state index in [1.54, 1.807) is 39.8 Å². The number of hydrogen-bond donors (Lipinski definition) is 3. The van der Waals surface area contributed by atoms with Gasteiger partial charge in [-0.1, -0.05) is 24.6 Å². The van der Waals surface area contributed by atoms with E-state index >= 15 is 0 Å². The SMILES string of the molecule is CC[C@@](NC(=O)OC(C)(C)C)(C(N)=O)c1ccc(Cl)cc1N. The first-order chi connectivity index (χ1) is 10.0. The lowest BCUT2D eigenvalue weighted by molar-refractivity contribution is -0.125. The summed E-state index contributed by atoms with van der Waals surface area (Å²) in [7, 11) is 0. The Balaban J connectivity index is 3.26. The van der Waals surface area contributed by atoms with E-state index in [-0.39, 0.29) is 12.1 Å². The number of halogens is 1. The molecule has 1 rings (SSSR count). The molecule has 0 bridgehead atoms. The summed E-state index contributed by atoms with van der Waals surface area (Å²) in [5.41, 5.74) is 9.97. The number of amides is 2. The van der Waals surface area contributed by atoms with E-state index in [1.807, 2.05) is 0 Å². The molecular formula is C15H22ClN3O3. The molecule has 0 aliphatic heterocycles. The number of rotatable bonds is 4. The van der Waals surface area contributed by atoms with E-state index in [0.29, 0.717) is 10.6 Å². The molecule has 7 heteroatoms. The lowest BCUT2D eigenvalue weighted by atomic mass is 9.85. The van der Waals surface area contributed by atoms with Crippen LogP contribution in [0.1, 0.15) is 39.7 Å². The van der Waals surface area contributed by atoms with Crippen molar-refractivity contribution in [1.82, 2.24) is 5.32 Å². The monoisotopic (exact) mass is 327 g/mol. The van der Waals surface area contributed by atoms with Crippen molar-refractivity contribution in [2.24, 2.45) is 5.73 Å². The van der Waals surface area contributed by atoms with Crippen molar-refractivity contribution in [3.8, 4) is 0 Å². The number of carbonyl (C=O) groups excluding carboxylic acids is 2. The maximum absolute atomic E-state index is 12.1. The molecule has 0 fully saturated rings. The van der Waals surface area contributed by atoms with Crippen molar-refractivity contribution in [3.63, 3.8) is 0 Å². The van der Waals surface area contributed by atoms with E-state index in [4.69, 9.17) is 27.8 Å². The summed E-state index contributed by atoms with van der Waals surface area (Å²) < 4.78 is 5.21. The van der Waals surface area contributed by atoms with Gasteiger partial charge in [-0.3, -0.25) is 4.79 Å². The van der Waals surface area contributed by atoms with Crippen molar-refractivity contribution in [2.45, 2.75) is 45.3 Å². The number of nitrogens with one attached hydrogen (secondary N) is 1. The molecule has 0 saturated carbocycles. The highest BCUT2D eigenvalue weighted by Gasteiger charge is 2.41. The number of benzene rings is 1. The predicted molar refractivity (Wildman–Crippen MR) is 86.4 cm³/mol. The van der Waals surface area contributed by atoms with Gasteiger partial charge in [-0.25, -0.2) is 4.79 Å². The smallest absolute Gasteiger partial charge is 0.408 e. The minimum absolute atomic E-state index is 0.216. The average molecular weight is 328 g/mol. The van der Waals surface area contributed by atoms with E-state index in [1.165, 1.54) is 6.07 Å². The molecule has 0 aliphatic rings. The molecule has 5 N–H and O–H groups in total. The quantitative estimate of drug-likeness (QED) is 0.738. The topological polar surface area (TPSA) is 107 Å². The van der Waals surface area contributed by atoms with Crippen LogP contribution in [-0.4, -0.2) is 17.6 Å². The van der Waals surface area contributed by atoms with Gasteiger partial charge in [-0.15, -0.1) is 0 Å². The highest BCUT2D eigenvalue weighted by molar-refractivity contribution is 6.30. The fourth-order valence-electron chi connectivity index (χ4n) is 2.11. The van der Waals surface area contributed by atoms with Crippen molar-refractivity contribution < 1.29 is 14.3 Å². The zero-order valence-corrected chi connectivity index (χ0v) is 14.0. The summed E-state index contributed by atoms with van der Waals surface area (Å²) in [5.74, 6) is -0.727. The Morgan fingerprint density at radius 3 is 2.32 bits per heavy atom. The van der Waals surface area contributed by atoms with E-state index in [2.05, 4.69) is 5.32 Å². The molecule has 1 aromatic rings. The second-order valence-corrected chi connectivity index (χ2v) is 6.42. The molecule has 0 unspecified atom stereocenters. The number of anilines is 1. The van der Waals surface area contributed by atoms with E-state index in [0.717, 1.165) is 0 Å². The van der Waals surface area contributed by atoms with Crippen LogP contribution in [0.25, 0.3) is 0 Å². The summed E-state index contributed by atoms with van der Waals surface area (Å²) >= 11 is 5.87. The molecule has 1 atom stereocenters. The fourth-order valence-corrected chi connectivity index (χ4v) is 2.30. The van der Waals surface area contributed by atoms with Crippen LogP contribution in [0.5, 0.6) is 0 Å². The number of nitrogens with two attached hydrogens (primary N) is 2. The molecule has 0 aliphatic carbocycles. The van der Waals surface area contributed by atoms with Gasteiger partial charge in [0.05, 0.1) is 0 Å². The van der Waals surface area contributed by atoms with Crippen LogP contribution in [0, 0.1) is 0 Å². The van der Waals surface area contributed by atoms with Gasteiger partial charge in [0.1, 0.15) is 11.1 Å². The molecular weight excluding hydrogens is 306 g/mol. The third-order valence-corrected chi connectivity index (χ3v) is 3.37. The summed E-state index contributed by atoms with van der Waals surface area (Å²) in [6, 6.07) is 4.65. The molecule has 0 saturated heterocycles. The fraction of sp³-hybridized carbons (Fsp3) is 0.467. The second kappa shape index (κ2) is 6.44. The summed E-state index contributed by atoms with van der Waals surface area (Å²) in [5, 5.41) is 2.98. The van der Waals surface area contributed by atoms with Gasteiger partial charge >= 0.3 is 6.09 Å². The van der Waals surface area contributed by atoms with Gasteiger partial charge in [0.2, 0.25) is 5.91 Å². The van der Waals surface area contributed by atoms with Crippen LogP contribution in [0.3, 0.4) is 0 Å². The zero-order valence-electron chi connectivity index (χ0n) is 13.2. The first-order valence-corrected chi connectivity index (χ1v) is 7.26. The van der Waals surface area contributed by atoms with Gasteiger partial charge in [0.25, 0.3) is 0 Å². The first kappa shape index (κ1) is 18.1. The highest BCUT2D eigenvalue weighted by atomic mass is 35.5. The minimum Gasteiger partial charge on any atom is -0.444 e. The van der Waals surface area contributed by atoms with Gasteiger partial charge in [-0.05, 0) is 39.3 Å². The zero-order chi connectivity index (χ0) is 17.1. The van der Waals surface area contributed by atoms with Crippen molar-refractivity contribution >= 4 is 29.3 Å². The Morgan fingerprint density at radius 2 is 1.91 bits per heavy atom. The summed E-state index contributed by atoms with van der Waals surface area (Å²) in [4.78, 5) is 24.1. The molecule has 0 aromatic heterocycles. The molecule has 1 aromatic carbocycles. The Hall–Kier alpha value is -1.95. The number of ether oxygens (including phenoxy) is 1. The first-order valence-electron chi connectivity index (χ1n) is 6.88. The predicted octanol–water partition coefficient (Wildman–Crippen LogP) is 2.54. The number of alkyl carbamates (subject to hydrolysis) is 1. The number of primary amides is 1. The van der Waals surface area contributed by atoms with Gasteiger partial charge in [0, 0.05) is 16.3 Å². The second-order valence-electron chi connectivity index (χ2n) is 5.98. The molecule has 0 spiro atoms. The molecule has 0 radical (unpaired) electrons. The molecule has 0 heterocycles. The molecule has 22 heavy (non-hydrogen) atoms. The van der Waals surface area contributed by atoms with Gasteiger partial charge in [-0.2, -0.15) is 0 Å². The average Bonchev–Trinajstić information content (AvgIpc) is 2.34. The van der Waals surface area contributed by atoms with E-state index in [9.17, 15) is 9.59 Å². The molecule has 122 valence electrons. The lowest BCUT2D eigenvalue weighted by Gasteiger charge is -2.33. The van der Waals surface area contributed by atoms with Crippen molar-refractivity contribution in [2.75, 3.05) is 5.73 Å². The minimum atomic E-state index is -1.46. The standard InChI is InChI=1S/C15H22ClN3O3/c1-5-15(12(18)20,19-13(21)22-14(2,3)4)10-7-6-9(16)8-11(10)17/h6-8H,5,17H2,1-4H3,(H2,18,20)(H,19,21)/t15-/m0/s1. The van der Waals surface area contributed by atoms with Gasteiger partial charge < -0.3 is 21.5 Å². The highest BCUT2D eigenvalue weighted by Crippen LogP contribution is 2.32. The maximum Gasteiger partial charge on any atom is 0.408 e. The maximum atomic E-state index is 12.1. The Labute approximate surface area is 135 Å². The lowest BCUT2D eigenvalue weighted by Crippen LogP contribution is -2.55. The van der Waals surface area contributed by atoms with Crippen LogP contribution in [-0.2, 0) is 15.1 Å². The third-order valence-electron chi connectivity index (χ3n) is 3.14. The van der Waals surface area contributed by atoms with Crippen LogP contribution in [0.15, 0.2) is 18.2 Å². The largest absolute Gasteiger partial charge is 0.444 e. The van der Waals surface area contributed by atoms with Crippen LogP contribution in [0.2, 0.25) is 5.02 Å². The third kappa shape index (κ3) is 4.04. The van der Waals surface area contributed by atoms with Gasteiger partial charge in [0.15, 0.2) is 0 Å². The van der Waals surface area contributed by atoms with Crippen molar-refractivity contribution in [3.05, 3.63) is 28.8 Å². The molecule has 2 amide bonds. The number of carbonyl (C=O) groups is 2. The Bertz CT molecular complexity index is 584. The Kier molecular flexibility index (Phi) is 5.30. The normalized spacial score (nSPS) is 14.0. The Morgan fingerprint density at radius 1 is 1.32 bits per heavy atom. The van der Waals surface area contributed by atoms with E-state index < -0.39 is 23.1 Å². The summed E-state index contributed by atoms with van der Waals surface area (Å²) in [6.07, 6.45) is -0.532. The van der Waals surface area contributed by atoms with Crippen molar-refractivity contribution in [1.29, 1.82) is 0 Å².